The van der Waals surface area contributed by atoms with Crippen LogP contribution in [0.1, 0.15) is 5.56 Å². The van der Waals surface area contributed by atoms with Gasteiger partial charge in [0.1, 0.15) is 17.2 Å². The summed E-state index contributed by atoms with van der Waals surface area (Å²) >= 11 is 0. The number of benzene rings is 1. The summed E-state index contributed by atoms with van der Waals surface area (Å²) in [5.74, 6) is 0.197. The van der Waals surface area contributed by atoms with Crippen molar-refractivity contribution in [2.75, 3.05) is 17.2 Å². The predicted molar refractivity (Wildman–Crippen MR) is 72.6 cm³/mol. The number of anilines is 3. The molecule has 0 atom stereocenters. The number of aromatic nitrogens is 2. The molecule has 19 heavy (non-hydrogen) atoms. The third-order valence-electron chi connectivity index (χ3n) is 2.28. The van der Waals surface area contributed by atoms with Crippen LogP contribution >= 0.6 is 0 Å². The highest BCUT2D eigenvalue weighted by molar-refractivity contribution is 5.57. The van der Waals surface area contributed by atoms with Crippen LogP contribution in [0.4, 0.5) is 17.5 Å². The lowest BCUT2D eigenvalue weighted by molar-refractivity contribution is 0.443. The molecule has 0 unspecified atom stereocenters. The number of H-pyrrole nitrogens is 1. The minimum absolute atomic E-state index is 0.0308. The number of aromatic hydroxyl groups is 2. The number of aromatic amines is 1. The van der Waals surface area contributed by atoms with Crippen LogP contribution in [0.2, 0.25) is 0 Å². The maximum absolute atomic E-state index is 10.7. The van der Waals surface area contributed by atoms with Crippen LogP contribution < -0.4 is 22.8 Å². The second-order valence-electron chi connectivity index (χ2n) is 3.67. The number of rotatable bonds is 0. The molecule has 0 saturated carbocycles. The molecule has 0 fully saturated rings. The van der Waals surface area contributed by atoms with E-state index >= 15 is 0 Å². The molecule has 0 aliphatic carbocycles. The van der Waals surface area contributed by atoms with Crippen LogP contribution in [0, 0.1) is 6.92 Å². The monoisotopic (exact) mass is 265 g/mol. The van der Waals surface area contributed by atoms with Crippen molar-refractivity contribution in [3.05, 3.63) is 34.1 Å². The van der Waals surface area contributed by atoms with Gasteiger partial charge >= 0.3 is 0 Å². The summed E-state index contributed by atoms with van der Waals surface area (Å²) in [5, 5.41) is 17.9. The Hall–Kier alpha value is -2.90. The molecule has 0 aliphatic heterocycles. The number of phenols is 2. The zero-order chi connectivity index (χ0) is 14.6. The molecule has 2 rings (SSSR count). The van der Waals surface area contributed by atoms with Gasteiger partial charge in [0, 0.05) is 5.56 Å². The average molecular weight is 265 g/mol. The molecule has 1 aromatic carbocycles. The summed E-state index contributed by atoms with van der Waals surface area (Å²) in [6.45, 7) is 1.66. The number of nitrogens with zero attached hydrogens (tertiary/aromatic N) is 1. The molecule has 0 spiro atoms. The second-order valence-corrected chi connectivity index (χ2v) is 3.67. The fourth-order valence-corrected chi connectivity index (χ4v) is 1.13. The van der Waals surface area contributed by atoms with Crippen molar-refractivity contribution in [2.45, 2.75) is 6.92 Å². The van der Waals surface area contributed by atoms with E-state index in [1.165, 1.54) is 12.1 Å². The van der Waals surface area contributed by atoms with E-state index in [4.69, 9.17) is 27.4 Å². The van der Waals surface area contributed by atoms with Gasteiger partial charge in [-0.15, -0.1) is 0 Å². The van der Waals surface area contributed by atoms with Crippen molar-refractivity contribution in [1.29, 1.82) is 0 Å². The molecular weight excluding hydrogens is 250 g/mol. The maximum Gasteiger partial charge on any atom is 0.277 e. The minimum atomic E-state index is -0.509. The largest absolute Gasteiger partial charge is 0.508 e. The van der Waals surface area contributed by atoms with Crippen molar-refractivity contribution < 1.29 is 10.2 Å². The number of nitrogens with one attached hydrogen (secondary N) is 1. The minimum Gasteiger partial charge on any atom is -0.508 e. The fourth-order valence-electron chi connectivity index (χ4n) is 1.13. The topological polar surface area (TPSA) is 164 Å². The number of nitrogens with two attached hydrogens (primary N) is 3. The van der Waals surface area contributed by atoms with E-state index in [1.807, 2.05) is 0 Å². The van der Waals surface area contributed by atoms with Gasteiger partial charge < -0.3 is 27.4 Å². The van der Waals surface area contributed by atoms with Gasteiger partial charge in [-0.3, -0.25) is 9.78 Å². The van der Waals surface area contributed by atoms with Gasteiger partial charge in [0.2, 0.25) is 5.95 Å². The van der Waals surface area contributed by atoms with Crippen LogP contribution in [0.3, 0.4) is 0 Å². The summed E-state index contributed by atoms with van der Waals surface area (Å²) in [7, 11) is 0. The molecule has 0 amide bonds. The Balaban J connectivity index is 0.000000191. The van der Waals surface area contributed by atoms with Crippen molar-refractivity contribution >= 4 is 17.5 Å². The fraction of sp³-hybridized carbons (Fsp3) is 0.0909. The summed E-state index contributed by atoms with van der Waals surface area (Å²) in [6, 6.07) is 4.67. The van der Waals surface area contributed by atoms with Crippen LogP contribution in [0.5, 0.6) is 11.5 Å². The lowest BCUT2D eigenvalue weighted by atomic mass is 10.2. The Morgan fingerprint density at radius 1 is 1.16 bits per heavy atom. The average Bonchev–Trinajstić information content (AvgIpc) is 2.33. The summed E-state index contributed by atoms with van der Waals surface area (Å²) in [5.41, 5.74) is 15.4. The van der Waals surface area contributed by atoms with Crippen LogP contribution in [-0.4, -0.2) is 20.2 Å². The molecule has 102 valence electrons. The van der Waals surface area contributed by atoms with Gasteiger partial charge in [0.05, 0.1) is 0 Å². The lowest BCUT2D eigenvalue weighted by Gasteiger charge is -1.98. The first-order valence-electron chi connectivity index (χ1n) is 5.21. The van der Waals surface area contributed by atoms with Gasteiger partial charge in [-0.1, -0.05) is 6.07 Å². The molecule has 0 radical (unpaired) electrons. The quantitative estimate of drug-likeness (QED) is 0.387. The van der Waals surface area contributed by atoms with Crippen molar-refractivity contribution in [3.63, 3.8) is 0 Å². The van der Waals surface area contributed by atoms with E-state index < -0.39 is 5.56 Å². The first-order valence-corrected chi connectivity index (χ1v) is 5.21. The standard InChI is InChI=1S/C7H8O2.C4H7N5O/c1-5-6(8)3-2-4-7(5)9;5-1-2(6)8-4(7)9-3(1)10/h2-4,8-9H,1H3;5H2,(H5,6,7,8,9,10). The third kappa shape index (κ3) is 3.53. The molecule has 1 heterocycles. The predicted octanol–water partition coefficient (Wildman–Crippen LogP) is -0.0773. The van der Waals surface area contributed by atoms with Crippen LogP contribution in [0.25, 0.3) is 0 Å². The molecule has 8 heteroatoms. The Morgan fingerprint density at radius 3 is 2.11 bits per heavy atom. The third-order valence-corrected chi connectivity index (χ3v) is 2.28. The zero-order valence-corrected chi connectivity index (χ0v) is 10.2. The van der Waals surface area contributed by atoms with Crippen molar-refractivity contribution in [2.24, 2.45) is 0 Å². The Labute approximate surface area is 108 Å². The molecular formula is C11H15N5O3. The van der Waals surface area contributed by atoms with E-state index in [-0.39, 0.29) is 29.0 Å². The van der Waals surface area contributed by atoms with Gasteiger partial charge in [-0.25, -0.2) is 0 Å². The van der Waals surface area contributed by atoms with E-state index in [0.717, 1.165) is 0 Å². The number of nitrogen functional groups attached to an aromatic ring is 3. The molecule has 9 N–H and O–H groups in total. The number of phenolic OH excluding ortho intramolecular Hbond substituents is 2. The first-order chi connectivity index (χ1) is 8.82. The van der Waals surface area contributed by atoms with Gasteiger partial charge in [-0.2, -0.15) is 4.98 Å². The van der Waals surface area contributed by atoms with E-state index in [2.05, 4.69) is 9.97 Å². The SMILES string of the molecule is Cc1c(O)cccc1O.Nc1nc(N)c(N)c(=O)[nH]1. The highest BCUT2D eigenvalue weighted by Crippen LogP contribution is 2.23. The number of hydrogen-bond acceptors (Lipinski definition) is 7. The van der Waals surface area contributed by atoms with Gasteiger partial charge in [0.15, 0.2) is 5.82 Å². The Bertz CT molecular complexity index is 618. The lowest BCUT2D eigenvalue weighted by Crippen LogP contribution is -2.17. The van der Waals surface area contributed by atoms with E-state index in [0.29, 0.717) is 5.56 Å². The molecule has 8 nitrogen and oxygen atoms in total. The van der Waals surface area contributed by atoms with Crippen LogP contribution in [-0.2, 0) is 0 Å². The summed E-state index contributed by atoms with van der Waals surface area (Å²) < 4.78 is 0. The van der Waals surface area contributed by atoms with Crippen LogP contribution in [0.15, 0.2) is 23.0 Å². The highest BCUT2D eigenvalue weighted by atomic mass is 16.3. The van der Waals surface area contributed by atoms with E-state index in [9.17, 15) is 4.79 Å². The van der Waals surface area contributed by atoms with Crippen molar-refractivity contribution in [1.82, 2.24) is 9.97 Å². The zero-order valence-electron chi connectivity index (χ0n) is 10.2. The molecule has 0 aliphatic rings. The van der Waals surface area contributed by atoms with E-state index in [1.54, 1.807) is 13.0 Å². The second kappa shape index (κ2) is 5.63. The molecule has 0 saturated heterocycles. The van der Waals surface area contributed by atoms with Gasteiger partial charge in [0.25, 0.3) is 5.56 Å². The molecule has 1 aromatic heterocycles. The Kier molecular flexibility index (Phi) is 4.19. The smallest absolute Gasteiger partial charge is 0.277 e. The normalized spacial score (nSPS) is 9.53. The summed E-state index contributed by atoms with van der Waals surface area (Å²) in [6.07, 6.45) is 0. The first kappa shape index (κ1) is 14.2. The van der Waals surface area contributed by atoms with Crippen molar-refractivity contribution in [3.8, 4) is 11.5 Å². The maximum atomic E-state index is 10.7. The Morgan fingerprint density at radius 2 is 1.68 bits per heavy atom. The number of hydrogen-bond donors (Lipinski definition) is 6. The molecule has 0 bridgehead atoms. The molecule has 2 aromatic rings. The summed E-state index contributed by atoms with van der Waals surface area (Å²) in [4.78, 5) is 16.4. The highest BCUT2D eigenvalue weighted by Gasteiger charge is 2.00. The van der Waals surface area contributed by atoms with Gasteiger partial charge in [-0.05, 0) is 19.1 Å².